The van der Waals surface area contributed by atoms with E-state index in [0.29, 0.717) is 0 Å². The van der Waals surface area contributed by atoms with Gasteiger partial charge in [0.2, 0.25) is 5.91 Å². The van der Waals surface area contributed by atoms with Crippen molar-refractivity contribution in [2.45, 2.75) is 50.5 Å². The van der Waals surface area contributed by atoms with Gasteiger partial charge in [-0.25, -0.2) is 0 Å². The van der Waals surface area contributed by atoms with Crippen LogP contribution in [0.15, 0.2) is 30.3 Å². The lowest BCUT2D eigenvalue weighted by Gasteiger charge is -2.54. The highest BCUT2D eigenvalue weighted by Gasteiger charge is 2.54. The lowest BCUT2D eigenvalue weighted by Crippen LogP contribution is -2.61. The monoisotopic (exact) mass is 342 g/mol. The third kappa shape index (κ3) is 2.74. The maximum absolute atomic E-state index is 13.3. The Kier molecular flexibility index (Phi) is 4.07. The maximum atomic E-state index is 13.3. The smallest absolute Gasteiger partial charge is 0.305 e. The Bertz CT molecular complexity index is 671. The summed E-state index contributed by atoms with van der Waals surface area (Å²) in [6, 6.07) is 9.90. The van der Waals surface area contributed by atoms with Crippen LogP contribution in [0.25, 0.3) is 0 Å². The van der Waals surface area contributed by atoms with Crippen LogP contribution in [0.5, 0.6) is 0 Å². The molecule has 2 heterocycles. The minimum atomic E-state index is -0.719. The van der Waals surface area contributed by atoms with Crippen molar-refractivity contribution in [1.29, 1.82) is 0 Å². The lowest BCUT2D eigenvalue weighted by atomic mass is 9.69. The third-order valence-electron chi connectivity index (χ3n) is 6.59. The number of aliphatic carboxylic acids is 1. The fourth-order valence-corrected chi connectivity index (χ4v) is 5.06. The highest BCUT2D eigenvalue weighted by Crippen LogP contribution is 2.48. The zero-order chi connectivity index (χ0) is 17.5. The minimum absolute atomic E-state index is 0.208. The molecule has 5 heteroatoms. The zero-order valence-electron chi connectivity index (χ0n) is 14.6. The minimum Gasteiger partial charge on any atom is -0.481 e. The number of nitrogens with zero attached hydrogens (tertiary/aromatic N) is 2. The van der Waals surface area contributed by atoms with Crippen LogP contribution >= 0.6 is 0 Å². The third-order valence-corrected chi connectivity index (χ3v) is 6.59. The van der Waals surface area contributed by atoms with Gasteiger partial charge in [0.05, 0.1) is 11.8 Å². The SMILES string of the molecule is O=C(O)CC1(N2CCCC3(CCN(c4ccccc4)C3=O)C2)CCC1. The number of anilines is 1. The van der Waals surface area contributed by atoms with E-state index in [1.165, 1.54) is 0 Å². The fraction of sp³-hybridized carbons (Fsp3) is 0.600. The number of hydrogen-bond donors (Lipinski definition) is 1. The molecular weight excluding hydrogens is 316 g/mol. The molecule has 1 N–H and O–H groups in total. The second-order valence-corrected chi connectivity index (χ2v) is 8.00. The van der Waals surface area contributed by atoms with E-state index in [4.69, 9.17) is 0 Å². The number of piperidine rings is 1. The molecule has 5 nitrogen and oxygen atoms in total. The van der Waals surface area contributed by atoms with Crippen LogP contribution in [0.1, 0.15) is 44.9 Å². The first-order valence-electron chi connectivity index (χ1n) is 9.39. The maximum Gasteiger partial charge on any atom is 0.305 e. The number of carboxylic acid groups (broad SMARTS) is 1. The Morgan fingerprint density at radius 2 is 1.80 bits per heavy atom. The van der Waals surface area contributed by atoms with E-state index in [2.05, 4.69) is 4.90 Å². The van der Waals surface area contributed by atoms with Gasteiger partial charge in [-0.15, -0.1) is 0 Å². The predicted octanol–water partition coefficient (Wildman–Crippen LogP) is 2.90. The molecule has 2 saturated heterocycles. The summed E-state index contributed by atoms with van der Waals surface area (Å²) in [6.45, 7) is 2.42. The number of benzene rings is 1. The molecule has 1 saturated carbocycles. The van der Waals surface area contributed by atoms with E-state index < -0.39 is 5.97 Å². The molecule has 1 aromatic carbocycles. The number of para-hydroxylation sites is 1. The molecule has 1 unspecified atom stereocenters. The molecule has 3 fully saturated rings. The van der Waals surface area contributed by atoms with E-state index in [-0.39, 0.29) is 23.3 Å². The van der Waals surface area contributed by atoms with Gasteiger partial charge in [0.15, 0.2) is 0 Å². The summed E-state index contributed by atoms with van der Waals surface area (Å²) in [7, 11) is 0. The molecule has 3 aliphatic rings. The van der Waals surface area contributed by atoms with Crippen LogP contribution in [0.4, 0.5) is 5.69 Å². The van der Waals surface area contributed by atoms with Gasteiger partial charge in [-0.3, -0.25) is 14.5 Å². The molecule has 25 heavy (non-hydrogen) atoms. The summed E-state index contributed by atoms with van der Waals surface area (Å²) in [6.07, 6.45) is 5.99. The Labute approximate surface area is 148 Å². The van der Waals surface area contributed by atoms with E-state index >= 15 is 0 Å². The Morgan fingerprint density at radius 1 is 1.04 bits per heavy atom. The van der Waals surface area contributed by atoms with Gasteiger partial charge in [-0.05, 0) is 57.2 Å². The fourth-order valence-electron chi connectivity index (χ4n) is 5.06. The quantitative estimate of drug-likeness (QED) is 0.914. The summed E-state index contributed by atoms with van der Waals surface area (Å²) < 4.78 is 0. The van der Waals surface area contributed by atoms with Gasteiger partial charge >= 0.3 is 5.97 Å². The van der Waals surface area contributed by atoms with E-state index in [0.717, 1.165) is 63.8 Å². The number of carboxylic acids is 1. The Balaban J connectivity index is 1.55. The van der Waals surface area contributed by atoms with E-state index in [1.54, 1.807) is 0 Å². The second kappa shape index (κ2) is 6.13. The molecule has 1 spiro atoms. The number of likely N-dealkylation sites (tertiary alicyclic amines) is 1. The highest BCUT2D eigenvalue weighted by molar-refractivity contribution is 6.00. The molecule has 1 aromatic rings. The molecule has 0 aromatic heterocycles. The van der Waals surface area contributed by atoms with Gasteiger partial charge in [-0.2, -0.15) is 0 Å². The van der Waals surface area contributed by atoms with Crippen LogP contribution in [0, 0.1) is 5.41 Å². The van der Waals surface area contributed by atoms with Gasteiger partial charge in [0, 0.05) is 24.3 Å². The molecule has 0 radical (unpaired) electrons. The van der Waals surface area contributed by atoms with Crippen molar-refractivity contribution in [3.05, 3.63) is 30.3 Å². The number of amides is 1. The van der Waals surface area contributed by atoms with Crippen molar-refractivity contribution in [3.8, 4) is 0 Å². The molecular formula is C20H26N2O3. The zero-order valence-corrected chi connectivity index (χ0v) is 14.6. The van der Waals surface area contributed by atoms with Gasteiger partial charge in [0.1, 0.15) is 0 Å². The van der Waals surface area contributed by atoms with Crippen LogP contribution in [-0.4, -0.2) is 47.1 Å². The van der Waals surface area contributed by atoms with Crippen molar-refractivity contribution >= 4 is 17.6 Å². The topological polar surface area (TPSA) is 60.9 Å². The van der Waals surface area contributed by atoms with Crippen molar-refractivity contribution in [2.24, 2.45) is 5.41 Å². The van der Waals surface area contributed by atoms with Crippen LogP contribution in [-0.2, 0) is 9.59 Å². The Hall–Kier alpha value is -1.88. The average molecular weight is 342 g/mol. The average Bonchev–Trinajstić information content (AvgIpc) is 2.88. The summed E-state index contributed by atoms with van der Waals surface area (Å²) in [4.78, 5) is 28.9. The summed E-state index contributed by atoms with van der Waals surface area (Å²) in [5.41, 5.74) is 0.444. The molecule has 0 bridgehead atoms. The van der Waals surface area contributed by atoms with Crippen LogP contribution < -0.4 is 4.90 Å². The highest BCUT2D eigenvalue weighted by atomic mass is 16.4. The van der Waals surface area contributed by atoms with Crippen molar-refractivity contribution < 1.29 is 14.7 Å². The summed E-state index contributed by atoms with van der Waals surface area (Å²) in [5, 5.41) is 9.34. The van der Waals surface area contributed by atoms with E-state index in [1.807, 2.05) is 35.2 Å². The lowest BCUT2D eigenvalue weighted by molar-refractivity contribution is -0.145. The summed E-state index contributed by atoms with van der Waals surface area (Å²) >= 11 is 0. The van der Waals surface area contributed by atoms with Crippen LogP contribution in [0.3, 0.4) is 0 Å². The van der Waals surface area contributed by atoms with Gasteiger partial charge in [-0.1, -0.05) is 18.2 Å². The van der Waals surface area contributed by atoms with Gasteiger partial charge < -0.3 is 10.0 Å². The normalized spacial score (nSPS) is 29.0. The van der Waals surface area contributed by atoms with Crippen LogP contribution in [0.2, 0.25) is 0 Å². The first kappa shape index (κ1) is 16.6. The van der Waals surface area contributed by atoms with E-state index in [9.17, 15) is 14.7 Å². The molecule has 4 rings (SSSR count). The Morgan fingerprint density at radius 3 is 2.44 bits per heavy atom. The molecule has 2 aliphatic heterocycles. The number of rotatable bonds is 4. The van der Waals surface area contributed by atoms with Crippen molar-refractivity contribution in [2.75, 3.05) is 24.5 Å². The molecule has 1 atom stereocenters. The van der Waals surface area contributed by atoms with Gasteiger partial charge in [0.25, 0.3) is 0 Å². The first-order valence-corrected chi connectivity index (χ1v) is 9.39. The molecule has 134 valence electrons. The number of carbonyl (C=O) groups is 2. The largest absolute Gasteiger partial charge is 0.481 e. The number of carbonyl (C=O) groups excluding carboxylic acids is 1. The molecule has 1 aliphatic carbocycles. The number of hydrogen-bond acceptors (Lipinski definition) is 3. The second-order valence-electron chi connectivity index (χ2n) is 8.00. The van der Waals surface area contributed by atoms with Crippen molar-refractivity contribution in [1.82, 2.24) is 4.90 Å². The standard InChI is InChI=1S/C20H26N2O3/c23-17(24)14-20(9-4-10-20)21-12-5-8-19(15-21)11-13-22(18(19)25)16-6-2-1-3-7-16/h1-3,6-7H,4-5,8-15H2,(H,23,24). The first-order chi connectivity index (χ1) is 12.0. The molecule has 1 amide bonds. The van der Waals surface area contributed by atoms with Crippen molar-refractivity contribution in [3.63, 3.8) is 0 Å². The predicted molar refractivity (Wildman–Crippen MR) is 95.5 cm³/mol. The summed E-state index contributed by atoms with van der Waals surface area (Å²) in [5.74, 6) is -0.490.